The summed E-state index contributed by atoms with van der Waals surface area (Å²) in [5.41, 5.74) is 10.2. The third-order valence-corrected chi connectivity index (χ3v) is 8.84. The summed E-state index contributed by atoms with van der Waals surface area (Å²) in [7, 11) is 0. The lowest BCUT2D eigenvalue weighted by Crippen LogP contribution is -2.53. The summed E-state index contributed by atoms with van der Waals surface area (Å²) < 4.78 is 2.05. The number of hydrogen-bond acceptors (Lipinski definition) is 7. The highest BCUT2D eigenvalue weighted by Gasteiger charge is 2.42. The highest BCUT2D eigenvalue weighted by molar-refractivity contribution is 5.87. The van der Waals surface area contributed by atoms with E-state index in [1.54, 1.807) is 27.1 Å². The number of nitrogens with zero attached hydrogens (tertiary/aromatic N) is 7. The summed E-state index contributed by atoms with van der Waals surface area (Å²) in [4.78, 5) is 44.2. The van der Waals surface area contributed by atoms with E-state index in [-0.39, 0.29) is 18.5 Å². The van der Waals surface area contributed by atoms with Crippen LogP contribution in [0.4, 0.5) is 10.6 Å². The van der Waals surface area contributed by atoms with Crippen LogP contribution in [-0.2, 0) is 10.4 Å². The average molecular weight is 579 g/mol. The molecule has 43 heavy (non-hydrogen) atoms. The van der Waals surface area contributed by atoms with E-state index >= 15 is 0 Å². The molecule has 3 fully saturated rings. The van der Waals surface area contributed by atoms with Crippen LogP contribution in [0.5, 0.6) is 0 Å². The van der Waals surface area contributed by atoms with Crippen LogP contribution in [-0.4, -0.2) is 90.5 Å². The Labute approximate surface area is 249 Å². The molecule has 0 spiro atoms. The molecule has 2 saturated heterocycles. The van der Waals surface area contributed by atoms with Gasteiger partial charge in [0.1, 0.15) is 17.2 Å². The number of pyridine rings is 2. The molecule has 0 radical (unpaired) electrons. The number of fused-ring (bicyclic) bond motifs is 1. The van der Waals surface area contributed by atoms with Crippen LogP contribution in [0.15, 0.2) is 67.5 Å². The standard InChI is InChI=1S/C32H34N8O3/c1-2-28(41)37-14-16-38(17-15-37)31(42)39-13-11-32(43,20-39)27-10-8-23(19-35-27)40-26-18-22(21-5-6-21)7-9-25(26)36-30(40)24-4-3-12-34-29(24)33/h2-4,7-10,12,18-19,21,43H,1,5-6,11,13-17,20H2,(H2,33,34). The Bertz CT molecular complexity index is 1720. The Morgan fingerprint density at radius 2 is 1.79 bits per heavy atom. The van der Waals surface area contributed by atoms with Gasteiger partial charge >= 0.3 is 6.03 Å². The van der Waals surface area contributed by atoms with Gasteiger partial charge in [-0.2, -0.15) is 0 Å². The smallest absolute Gasteiger partial charge is 0.320 e. The Morgan fingerprint density at radius 3 is 2.49 bits per heavy atom. The van der Waals surface area contributed by atoms with Crippen LogP contribution in [0.1, 0.15) is 36.4 Å². The summed E-state index contributed by atoms with van der Waals surface area (Å²) in [6.07, 6.45) is 7.48. The van der Waals surface area contributed by atoms with Gasteiger partial charge in [-0.3, -0.25) is 14.3 Å². The van der Waals surface area contributed by atoms with Gasteiger partial charge in [0.15, 0.2) is 0 Å². The highest BCUT2D eigenvalue weighted by Crippen LogP contribution is 2.42. The number of nitrogen functional groups attached to an aromatic ring is 1. The molecule has 1 unspecified atom stereocenters. The predicted octanol–water partition coefficient (Wildman–Crippen LogP) is 3.29. The molecule has 3 aliphatic rings. The van der Waals surface area contributed by atoms with E-state index in [9.17, 15) is 14.7 Å². The van der Waals surface area contributed by atoms with Gasteiger partial charge in [0, 0.05) is 45.3 Å². The van der Waals surface area contributed by atoms with Crippen molar-refractivity contribution >= 4 is 28.8 Å². The molecule has 7 rings (SSSR count). The molecule has 1 aromatic carbocycles. The second kappa shape index (κ2) is 10.5. The summed E-state index contributed by atoms with van der Waals surface area (Å²) in [5.74, 6) is 1.53. The Balaban J connectivity index is 1.15. The second-order valence-corrected chi connectivity index (χ2v) is 11.6. The maximum atomic E-state index is 13.3. The number of aromatic nitrogens is 4. The molecule has 3 amide bonds. The first-order chi connectivity index (χ1) is 20.8. The topological polar surface area (TPSA) is 134 Å². The predicted molar refractivity (Wildman–Crippen MR) is 162 cm³/mol. The first-order valence-electron chi connectivity index (χ1n) is 14.7. The maximum absolute atomic E-state index is 13.3. The van der Waals surface area contributed by atoms with Crippen molar-refractivity contribution in [1.29, 1.82) is 0 Å². The van der Waals surface area contributed by atoms with Gasteiger partial charge in [-0.1, -0.05) is 12.6 Å². The average Bonchev–Trinajstić information content (AvgIpc) is 3.71. The first kappa shape index (κ1) is 27.1. The summed E-state index contributed by atoms with van der Waals surface area (Å²) in [6, 6.07) is 13.8. The van der Waals surface area contributed by atoms with Crippen molar-refractivity contribution in [2.45, 2.75) is 30.8 Å². The van der Waals surface area contributed by atoms with Gasteiger partial charge in [-0.15, -0.1) is 0 Å². The van der Waals surface area contributed by atoms with E-state index in [0.717, 1.165) is 22.3 Å². The Hall–Kier alpha value is -4.77. The third-order valence-electron chi connectivity index (χ3n) is 8.84. The molecule has 3 aromatic heterocycles. The zero-order valence-corrected chi connectivity index (χ0v) is 23.9. The zero-order valence-electron chi connectivity index (χ0n) is 23.9. The van der Waals surface area contributed by atoms with Crippen LogP contribution in [0.2, 0.25) is 0 Å². The molecule has 11 heteroatoms. The van der Waals surface area contributed by atoms with Crippen LogP contribution < -0.4 is 5.73 Å². The van der Waals surface area contributed by atoms with Crippen molar-refractivity contribution in [3.05, 3.63) is 78.8 Å². The lowest BCUT2D eigenvalue weighted by Gasteiger charge is -2.36. The molecule has 220 valence electrons. The van der Waals surface area contributed by atoms with Crippen molar-refractivity contribution in [2.24, 2.45) is 0 Å². The Morgan fingerprint density at radius 1 is 1.00 bits per heavy atom. The Kier molecular flexibility index (Phi) is 6.61. The number of amides is 3. The minimum Gasteiger partial charge on any atom is -0.383 e. The van der Waals surface area contributed by atoms with E-state index < -0.39 is 5.60 Å². The summed E-state index contributed by atoms with van der Waals surface area (Å²) >= 11 is 0. The number of likely N-dealkylation sites (tertiary alicyclic amines) is 1. The van der Waals surface area contributed by atoms with E-state index in [1.807, 2.05) is 24.3 Å². The van der Waals surface area contributed by atoms with Crippen LogP contribution >= 0.6 is 0 Å². The first-order valence-corrected chi connectivity index (χ1v) is 14.7. The fraction of sp³-hybridized carbons (Fsp3) is 0.344. The van der Waals surface area contributed by atoms with Crippen LogP contribution in [0.25, 0.3) is 28.1 Å². The molecule has 4 aromatic rings. The molecule has 1 saturated carbocycles. The van der Waals surface area contributed by atoms with Gasteiger partial charge in [-0.05, 0) is 66.8 Å². The van der Waals surface area contributed by atoms with Gasteiger partial charge in [0.2, 0.25) is 5.91 Å². The number of aliphatic hydroxyl groups is 1. The normalized spacial score (nSPS) is 20.5. The monoisotopic (exact) mass is 578 g/mol. The van der Waals surface area contributed by atoms with Crippen molar-refractivity contribution in [3.63, 3.8) is 0 Å². The number of benzene rings is 1. The van der Waals surface area contributed by atoms with Gasteiger partial charge in [0.25, 0.3) is 0 Å². The van der Waals surface area contributed by atoms with Crippen molar-refractivity contribution in [2.75, 3.05) is 45.0 Å². The quantitative estimate of drug-likeness (QED) is 0.347. The van der Waals surface area contributed by atoms with E-state index in [0.29, 0.717) is 62.4 Å². The van der Waals surface area contributed by atoms with Crippen molar-refractivity contribution in [1.82, 2.24) is 34.2 Å². The lowest BCUT2D eigenvalue weighted by molar-refractivity contribution is -0.127. The number of carbonyl (C=O) groups excluding carboxylic acids is 2. The third kappa shape index (κ3) is 4.89. The van der Waals surface area contributed by atoms with Crippen LogP contribution in [0, 0.1) is 0 Å². The number of hydrogen-bond donors (Lipinski definition) is 2. The van der Waals surface area contributed by atoms with Gasteiger partial charge in [-0.25, -0.2) is 14.8 Å². The molecular weight excluding hydrogens is 544 g/mol. The maximum Gasteiger partial charge on any atom is 0.320 e. The number of rotatable bonds is 5. The molecule has 3 N–H and O–H groups in total. The molecule has 11 nitrogen and oxygen atoms in total. The van der Waals surface area contributed by atoms with Gasteiger partial charge < -0.3 is 25.5 Å². The van der Waals surface area contributed by atoms with Gasteiger partial charge in [0.05, 0.1) is 40.7 Å². The molecule has 2 aliphatic heterocycles. The number of anilines is 1. The second-order valence-electron chi connectivity index (χ2n) is 11.6. The lowest BCUT2D eigenvalue weighted by atomic mass is 9.98. The molecule has 5 heterocycles. The fourth-order valence-corrected chi connectivity index (χ4v) is 6.22. The molecular formula is C32H34N8O3. The van der Waals surface area contributed by atoms with E-state index in [4.69, 9.17) is 15.7 Å². The molecule has 0 bridgehead atoms. The number of piperazine rings is 1. The molecule has 1 atom stereocenters. The van der Waals surface area contributed by atoms with E-state index in [2.05, 4.69) is 34.3 Å². The van der Waals surface area contributed by atoms with Crippen LogP contribution in [0.3, 0.4) is 0 Å². The number of carbonyl (C=O) groups is 2. The number of urea groups is 1. The number of nitrogens with two attached hydrogens (primary N) is 1. The largest absolute Gasteiger partial charge is 0.383 e. The minimum absolute atomic E-state index is 0.125. The van der Waals surface area contributed by atoms with Crippen molar-refractivity contribution in [3.8, 4) is 17.1 Å². The number of β-amino-alcohol motifs (C(OH)–C–C–N with tert-alkyl or cyclic N) is 1. The van der Waals surface area contributed by atoms with Crippen molar-refractivity contribution < 1.29 is 14.7 Å². The zero-order chi connectivity index (χ0) is 29.7. The van der Waals surface area contributed by atoms with E-state index in [1.165, 1.54) is 24.5 Å². The SMILES string of the molecule is C=CC(=O)N1CCN(C(=O)N2CCC(O)(c3ccc(-n4c(-c5cccnc5N)nc5ccc(C6CC6)cc54)cn3)C2)CC1. The molecule has 1 aliphatic carbocycles. The fourth-order valence-electron chi connectivity index (χ4n) is 6.22. The highest BCUT2D eigenvalue weighted by atomic mass is 16.3. The summed E-state index contributed by atoms with van der Waals surface area (Å²) in [6.45, 7) is 5.95. The number of imidazole rings is 1. The summed E-state index contributed by atoms with van der Waals surface area (Å²) in [5, 5.41) is 11.6. The minimum atomic E-state index is -1.26.